The number of rotatable bonds is 18. The van der Waals surface area contributed by atoms with Gasteiger partial charge in [0.25, 0.3) is 5.91 Å². The molecule has 2 aromatic carbocycles. The summed E-state index contributed by atoms with van der Waals surface area (Å²) in [5.74, 6) is -3.39. The molecular weight excluding hydrogens is 594 g/mol. The third kappa shape index (κ3) is 9.83. The molecule has 46 heavy (non-hydrogen) atoms. The Morgan fingerprint density at radius 1 is 0.913 bits per heavy atom. The summed E-state index contributed by atoms with van der Waals surface area (Å²) < 4.78 is 15.9. The molecule has 0 saturated carbocycles. The van der Waals surface area contributed by atoms with E-state index in [0.29, 0.717) is 18.4 Å². The van der Waals surface area contributed by atoms with Gasteiger partial charge in [-0.25, -0.2) is 10.3 Å². The van der Waals surface area contributed by atoms with Crippen molar-refractivity contribution in [2.75, 3.05) is 20.4 Å². The van der Waals surface area contributed by atoms with Crippen LogP contribution in [0.4, 0.5) is 0 Å². The molecule has 3 aromatic rings. The van der Waals surface area contributed by atoms with E-state index in [2.05, 4.69) is 23.0 Å². The summed E-state index contributed by atoms with van der Waals surface area (Å²) in [5, 5.41) is 15.8. The van der Waals surface area contributed by atoms with E-state index in [4.69, 9.17) is 18.7 Å². The molecule has 248 valence electrons. The number of methoxy groups -OCH3 is 1. The minimum absolute atomic E-state index is 0.0420. The molecule has 12 nitrogen and oxygen atoms in total. The van der Waals surface area contributed by atoms with E-state index < -0.39 is 23.7 Å². The van der Waals surface area contributed by atoms with Crippen LogP contribution in [-0.2, 0) is 25.8 Å². The number of hydrogen-bond donors (Lipinski definition) is 4. The molecule has 0 radical (unpaired) electrons. The Hall–Kier alpha value is -4.84. The van der Waals surface area contributed by atoms with E-state index in [0.717, 1.165) is 24.8 Å². The highest BCUT2D eigenvalue weighted by Gasteiger charge is 2.32. The molecule has 3 rings (SSSR count). The van der Waals surface area contributed by atoms with Crippen LogP contribution in [-0.4, -0.2) is 49.2 Å². The van der Waals surface area contributed by atoms with Crippen LogP contribution >= 0.6 is 0 Å². The first-order chi connectivity index (χ1) is 22.2. The minimum Gasteiger partial charge on any atom is -0.507 e. The fourth-order valence-electron chi connectivity index (χ4n) is 4.99. The molecule has 0 aliphatic rings. The number of benzene rings is 2. The van der Waals surface area contributed by atoms with Gasteiger partial charge in [-0.1, -0.05) is 63.4 Å². The van der Waals surface area contributed by atoms with E-state index >= 15 is 0 Å². The Kier molecular flexibility index (Phi) is 14.1. The van der Waals surface area contributed by atoms with E-state index in [1.165, 1.54) is 31.4 Å². The van der Waals surface area contributed by atoms with E-state index in [1.54, 1.807) is 6.92 Å². The van der Waals surface area contributed by atoms with Crippen molar-refractivity contribution >= 4 is 23.7 Å². The molecule has 2 atom stereocenters. The zero-order valence-electron chi connectivity index (χ0n) is 26.7. The number of amides is 3. The summed E-state index contributed by atoms with van der Waals surface area (Å²) in [6.07, 6.45) is 3.57. The average Bonchev–Trinajstić information content (AvgIpc) is 3.55. The van der Waals surface area contributed by atoms with Gasteiger partial charge in [0.1, 0.15) is 22.8 Å². The highest BCUT2D eigenvalue weighted by atomic mass is 16.6. The SMILES string of the molecule is CCCCC[C@@H](C(=O)NCNC(=O)c1ccc(-c2cc(O)c(C(=O)OC)c(OCC)c2)o1)[C@@H](CC)C(=O)NOCc1ccccc1. The van der Waals surface area contributed by atoms with Gasteiger partial charge in [-0.2, -0.15) is 0 Å². The van der Waals surface area contributed by atoms with Gasteiger partial charge in [0.2, 0.25) is 11.8 Å². The number of hydroxylamine groups is 1. The standard InChI is InChI=1S/C34H43N3O9/c1-5-8-10-15-25(24(6-2)32(40)37-45-20-22-13-11-9-12-14-22)31(39)35-21-36-33(41)28-17-16-27(46-28)23-18-26(38)30(34(42)43-4)29(19-23)44-7-3/h9,11-14,16-19,24-25,38H,5-8,10,15,20-21H2,1-4H3,(H,35,39)(H,36,41)(H,37,40)/t24-,25-/m1/s1. The molecule has 4 N–H and O–H groups in total. The second kappa shape index (κ2) is 18.2. The van der Waals surface area contributed by atoms with Crippen LogP contribution in [0.15, 0.2) is 59.0 Å². The maximum absolute atomic E-state index is 13.3. The van der Waals surface area contributed by atoms with Gasteiger partial charge in [0, 0.05) is 11.5 Å². The first-order valence-corrected chi connectivity index (χ1v) is 15.4. The molecule has 1 aromatic heterocycles. The van der Waals surface area contributed by atoms with Crippen LogP contribution in [0.3, 0.4) is 0 Å². The lowest BCUT2D eigenvalue weighted by Crippen LogP contribution is -2.45. The van der Waals surface area contributed by atoms with E-state index in [-0.39, 0.29) is 60.3 Å². The Labute approximate surface area is 268 Å². The second-order valence-electron chi connectivity index (χ2n) is 10.5. The van der Waals surface area contributed by atoms with Gasteiger partial charge in [-0.3, -0.25) is 19.2 Å². The number of phenolic OH excluding ortho intramolecular Hbond substituents is 1. The van der Waals surface area contributed by atoms with Gasteiger partial charge in [0.15, 0.2) is 5.76 Å². The van der Waals surface area contributed by atoms with Crippen molar-refractivity contribution in [2.45, 2.75) is 59.5 Å². The molecule has 3 amide bonds. The molecule has 1 heterocycles. The summed E-state index contributed by atoms with van der Waals surface area (Å²) in [6, 6.07) is 15.2. The smallest absolute Gasteiger partial charge is 0.345 e. The van der Waals surface area contributed by atoms with Crippen LogP contribution in [0.1, 0.15) is 79.4 Å². The number of ether oxygens (including phenoxy) is 2. The Bertz CT molecular complexity index is 1460. The lowest BCUT2D eigenvalue weighted by atomic mass is 9.84. The number of nitrogens with one attached hydrogen (secondary N) is 3. The first-order valence-electron chi connectivity index (χ1n) is 15.4. The summed E-state index contributed by atoms with van der Waals surface area (Å²) in [5.41, 5.74) is 3.64. The quantitative estimate of drug-likeness (QED) is 0.0642. The predicted octanol–water partition coefficient (Wildman–Crippen LogP) is 5.11. The summed E-state index contributed by atoms with van der Waals surface area (Å²) in [4.78, 5) is 56.7. The summed E-state index contributed by atoms with van der Waals surface area (Å²) >= 11 is 0. The van der Waals surface area contributed by atoms with Crippen molar-refractivity contribution in [3.05, 3.63) is 71.5 Å². The number of esters is 1. The Morgan fingerprint density at radius 3 is 2.35 bits per heavy atom. The fourth-order valence-corrected chi connectivity index (χ4v) is 4.99. The maximum atomic E-state index is 13.3. The third-order valence-corrected chi connectivity index (χ3v) is 7.37. The highest BCUT2D eigenvalue weighted by molar-refractivity contribution is 5.97. The average molecular weight is 638 g/mol. The monoisotopic (exact) mass is 637 g/mol. The number of carbonyl (C=O) groups is 4. The topological polar surface area (TPSA) is 165 Å². The zero-order chi connectivity index (χ0) is 33.5. The second-order valence-corrected chi connectivity index (χ2v) is 10.5. The summed E-state index contributed by atoms with van der Waals surface area (Å²) in [6.45, 7) is 5.87. The Balaban J connectivity index is 1.62. The first kappa shape index (κ1) is 35.6. The van der Waals surface area contributed by atoms with Crippen LogP contribution in [0.25, 0.3) is 11.3 Å². The highest BCUT2D eigenvalue weighted by Crippen LogP contribution is 2.36. The number of phenols is 1. The summed E-state index contributed by atoms with van der Waals surface area (Å²) in [7, 11) is 1.19. The number of furan rings is 1. The number of aromatic hydroxyl groups is 1. The van der Waals surface area contributed by atoms with E-state index in [9.17, 15) is 24.3 Å². The van der Waals surface area contributed by atoms with Crippen molar-refractivity contribution in [3.8, 4) is 22.8 Å². The number of hydrogen-bond acceptors (Lipinski definition) is 9. The fraction of sp³-hybridized carbons (Fsp3) is 0.412. The zero-order valence-corrected chi connectivity index (χ0v) is 26.7. The van der Waals surface area contributed by atoms with Gasteiger partial charge in [0.05, 0.1) is 32.9 Å². The number of carbonyl (C=O) groups excluding carboxylic acids is 4. The third-order valence-electron chi connectivity index (χ3n) is 7.37. The predicted molar refractivity (Wildman–Crippen MR) is 170 cm³/mol. The maximum Gasteiger partial charge on any atom is 0.345 e. The van der Waals surface area contributed by atoms with Gasteiger partial charge in [-0.05, 0) is 49.6 Å². The normalized spacial score (nSPS) is 12.1. The molecule has 0 fully saturated rings. The van der Waals surface area contributed by atoms with E-state index in [1.807, 2.05) is 37.3 Å². The molecule has 12 heteroatoms. The van der Waals surface area contributed by atoms with Crippen LogP contribution in [0.5, 0.6) is 11.5 Å². The van der Waals surface area contributed by atoms with Crippen molar-refractivity contribution in [3.63, 3.8) is 0 Å². The molecule has 0 bridgehead atoms. The minimum atomic E-state index is -0.760. The molecular formula is C34H43N3O9. The number of unbranched alkanes of at least 4 members (excludes halogenated alkanes) is 2. The lowest BCUT2D eigenvalue weighted by molar-refractivity contribution is -0.144. The van der Waals surface area contributed by atoms with Gasteiger partial charge < -0.3 is 29.6 Å². The lowest BCUT2D eigenvalue weighted by Gasteiger charge is -2.24. The molecule has 0 saturated heterocycles. The largest absolute Gasteiger partial charge is 0.507 e. The van der Waals surface area contributed by atoms with Crippen LogP contribution in [0, 0.1) is 11.8 Å². The Morgan fingerprint density at radius 2 is 1.67 bits per heavy atom. The van der Waals surface area contributed by atoms with Crippen LogP contribution < -0.4 is 20.9 Å². The van der Waals surface area contributed by atoms with Crippen molar-refractivity contribution in [2.24, 2.45) is 11.8 Å². The molecule has 0 unspecified atom stereocenters. The van der Waals surface area contributed by atoms with Crippen LogP contribution in [0.2, 0.25) is 0 Å². The van der Waals surface area contributed by atoms with Crippen molar-refractivity contribution < 1.29 is 43.0 Å². The van der Waals surface area contributed by atoms with Gasteiger partial charge >= 0.3 is 5.97 Å². The van der Waals surface area contributed by atoms with Crippen molar-refractivity contribution in [1.82, 2.24) is 16.1 Å². The molecule has 0 aliphatic carbocycles. The molecule has 0 spiro atoms. The molecule has 0 aliphatic heterocycles. The van der Waals surface area contributed by atoms with Gasteiger partial charge in [-0.15, -0.1) is 0 Å². The van der Waals surface area contributed by atoms with Crippen molar-refractivity contribution in [1.29, 1.82) is 0 Å².